The number of nitrogens with zero attached hydrogens (tertiary/aromatic N) is 3. The number of aryl methyl sites for hydroxylation is 1. The van der Waals surface area contributed by atoms with Gasteiger partial charge in [-0.2, -0.15) is 0 Å². The number of carbonyl (C=O) groups is 2. The summed E-state index contributed by atoms with van der Waals surface area (Å²) in [5, 5.41) is 20.3. The van der Waals surface area contributed by atoms with Gasteiger partial charge >= 0.3 is 5.91 Å². The van der Waals surface area contributed by atoms with Gasteiger partial charge in [-0.1, -0.05) is 84.6 Å². The van der Waals surface area contributed by atoms with E-state index in [0.29, 0.717) is 39.3 Å². The number of aliphatic hydroxyl groups is 1. The lowest BCUT2D eigenvalue weighted by molar-refractivity contribution is -0.132. The monoisotopic (exact) mass is 613 g/mol. The maximum Gasteiger partial charge on any atom is 0.301 e. The van der Waals surface area contributed by atoms with Gasteiger partial charge in [-0.25, -0.2) is 0 Å². The Morgan fingerprint density at radius 1 is 1.05 bits per heavy atom. The molecule has 220 valence electrons. The van der Waals surface area contributed by atoms with Gasteiger partial charge in [0.2, 0.25) is 5.13 Å². The van der Waals surface area contributed by atoms with Crippen LogP contribution in [0.3, 0.4) is 0 Å². The van der Waals surface area contributed by atoms with E-state index in [-0.39, 0.29) is 23.1 Å². The predicted molar refractivity (Wildman–Crippen MR) is 170 cm³/mol. The molecule has 1 fully saturated rings. The second-order valence-electron chi connectivity index (χ2n) is 9.84. The van der Waals surface area contributed by atoms with Crippen LogP contribution in [0.15, 0.2) is 95.4 Å². The maximum absolute atomic E-state index is 13.6. The Hall–Kier alpha value is -4.41. The molecule has 4 aromatic rings. The maximum atomic E-state index is 13.6. The standard InChI is InChI=1S/C33H31N3O5S2/c1-4-17-40-25-15-13-23(14-16-25)29(37)27-28(24-7-6-8-26(19-24)41-18-5-2)36(31(39)30(27)38)32-34-35-33(43-32)42-20-22-11-9-21(3)10-12-22/h5-16,19,28,37H,2,4,17-18,20H2,1,3H3. The summed E-state index contributed by atoms with van der Waals surface area (Å²) < 4.78 is 12.0. The van der Waals surface area contributed by atoms with Crippen molar-refractivity contribution < 1.29 is 24.2 Å². The molecule has 1 N–H and O–H groups in total. The quantitative estimate of drug-likeness (QED) is 0.0450. The zero-order valence-electron chi connectivity index (χ0n) is 23.9. The highest BCUT2D eigenvalue weighted by Gasteiger charge is 2.48. The summed E-state index contributed by atoms with van der Waals surface area (Å²) >= 11 is 2.72. The van der Waals surface area contributed by atoms with Gasteiger partial charge in [-0.15, -0.1) is 10.2 Å². The van der Waals surface area contributed by atoms with E-state index >= 15 is 0 Å². The second-order valence-corrected chi connectivity index (χ2v) is 12.0. The average Bonchev–Trinajstić information content (AvgIpc) is 3.60. The summed E-state index contributed by atoms with van der Waals surface area (Å²) in [6.07, 6.45) is 2.49. The molecule has 1 aliphatic heterocycles. The fraction of sp³-hybridized carbons (Fsp3) is 0.212. The van der Waals surface area contributed by atoms with E-state index in [2.05, 4.69) is 41.0 Å². The van der Waals surface area contributed by atoms with Crippen LogP contribution in [0.2, 0.25) is 0 Å². The van der Waals surface area contributed by atoms with Crippen LogP contribution in [0, 0.1) is 6.92 Å². The Morgan fingerprint density at radius 2 is 1.81 bits per heavy atom. The highest BCUT2D eigenvalue weighted by Crippen LogP contribution is 2.44. The van der Waals surface area contributed by atoms with Crippen molar-refractivity contribution in [1.82, 2.24) is 10.2 Å². The summed E-state index contributed by atoms with van der Waals surface area (Å²) in [6.45, 7) is 8.59. The lowest BCUT2D eigenvalue weighted by Crippen LogP contribution is -2.29. The van der Waals surface area contributed by atoms with E-state index in [4.69, 9.17) is 9.47 Å². The molecule has 3 aromatic carbocycles. The minimum absolute atomic E-state index is 0.0443. The summed E-state index contributed by atoms with van der Waals surface area (Å²) in [6, 6.07) is 21.1. The van der Waals surface area contributed by atoms with E-state index in [1.807, 2.05) is 13.8 Å². The number of amides is 1. The first-order chi connectivity index (χ1) is 20.9. The van der Waals surface area contributed by atoms with Crippen LogP contribution in [-0.2, 0) is 15.3 Å². The molecule has 1 aliphatic rings. The third-order valence-corrected chi connectivity index (χ3v) is 8.80. The van der Waals surface area contributed by atoms with Crippen molar-refractivity contribution in [2.24, 2.45) is 0 Å². The number of anilines is 1. The zero-order chi connectivity index (χ0) is 30.3. The molecule has 1 aromatic heterocycles. The number of hydrogen-bond acceptors (Lipinski definition) is 9. The Morgan fingerprint density at radius 3 is 2.53 bits per heavy atom. The summed E-state index contributed by atoms with van der Waals surface area (Å²) in [5.41, 5.74) is 3.24. The number of ketones is 1. The van der Waals surface area contributed by atoms with Gasteiger partial charge in [0, 0.05) is 11.3 Å². The van der Waals surface area contributed by atoms with Crippen LogP contribution in [-0.4, -0.2) is 40.2 Å². The van der Waals surface area contributed by atoms with Crippen molar-refractivity contribution in [3.63, 3.8) is 0 Å². The summed E-state index contributed by atoms with van der Waals surface area (Å²) in [7, 11) is 0. The van der Waals surface area contributed by atoms with E-state index in [9.17, 15) is 14.7 Å². The Kier molecular flexibility index (Phi) is 9.58. The molecule has 8 nitrogen and oxygen atoms in total. The Balaban J connectivity index is 1.52. The molecule has 43 heavy (non-hydrogen) atoms. The third kappa shape index (κ3) is 6.81. The molecular weight excluding hydrogens is 583 g/mol. The highest BCUT2D eigenvalue weighted by atomic mass is 32.2. The summed E-state index contributed by atoms with van der Waals surface area (Å²) in [5.74, 6) is -0.0335. The SMILES string of the molecule is C=CCOc1cccc(C2C(=C(O)c3ccc(OCCC)cc3)C(=O)C(=O)N2c2nnc(SCc3ccc(C)cc3)s2)c1. The van der Waals surface area contributed by atoms with Crippen LogP contribution in [0.4, 0.5) is 5.13 Å². The summed E-state index contributed by atoms with van der Waals surface area (Å²) in [4.78, 5) is 28.5. The molecule has 1 amide bonds. The van der Waals surface area contributed by atoms with Gasteiger partial charge < -0.3 is 14.6 Å². The number of thioether (sulfide) groups is 1. The first-order valence-corrected chi connectivity index (χ1v) is 15.6. The average molecular weight is 614 g/mol. The molecule has 1 atom stereocenters. The number of benzene rings is 3. The Labute approximate surface area is 258 Å². The first kappa shape index (κ1) is 30.1. The third-order valence-electron chi connectivity index (χ3n) is 6.67. The highest BCUT2D eigenvalue weighted by molar-refractivity contribution is 8.00. The number of aromatic nitrogens is 2. The smallest absolute Gasteiger partial charge is 0.301 e. The fourth-order valence-electron chi connectivity index (χ4n) is 4.55. The van der Waals surface area contributed by atoms with E-state index in [0.717, 1.165) is 12.0 Å². The van der Waals surface area contributed by atoms with E-state index in [1.165, 1.54) is 33.6 Å². The second kappa shape index (κ2) is 13.7. The molecule has 0 spiro atoms. The van der Waals surface area contributed by atoms with E-state index in [1.54, 1.807) is 54.6 Å². The lowest BCUT2D eigenvalue weighted by Gasteiger charge is -2.23. The zero-order valence-corrected chi connectivity index (χ0v) is 25.5. The molecule has 0 radical (unpaired) electrons. The minimum atomic E-state index is -0.953. The predicted octanol–water partition coefficient (Wildman–Crippen LogP) is 7.12. The van der Waals surface area contributed by atoms with Gasteiger partial charge in [0.15, 0.2) is 4.34 Å². The molecule has 0 aliphatic carbocycles. The first-order valence-electron chi connectivity index (χ1n) is 13.8. The number of aliphatic hydroxyl groups excluding tert-OH is 1. The van der Waals surface area contributed by atoms with Crippen LogP contribution < -0.4 is 14.4 Å². The molecule has 10 heteroatoms. The Bertz CT molecular complexity index is 1650. The molecule has 1 saturated heterocycles. The molecule has 2 heterocycles. The topological polar surface area (TPSA) is 102 Å². The number of Topliss-reactive ketones (excluding diaryl/α,β-unsaturated/α-hetero) is 1. The number of rotatable bonds is 12. The van der Waals surface area contributed by atoms with Crippen molar-refractivity contribution in [3.05, 3.63) is 113 Å². The molecule has 5 rings (SSSR count). The van der Waals surface area contributed by atoms with Gasteiger partial charge in [0.1, 0.15) is 23.9 Å². The van der Waals surface area contributed by atoms with E-state index < -0.39 is 17.7 Å². The van der Waals surface area contributed by atoms with Gasteiger partial charge in [-0.3, -0.25) is 14.5 Å². The molecular formula is C33H31N3O5S2. The number of carbonyl (C=O) groups excluding carboxylic acids is 2. The van der Waals surface area contributed by atoms with Crippen LogP contribution in [0.5, 0.6) is 11.5 Å². The largest absolute Gasteiger partial charge is 0.507 e. The van der Waals surface area contributed by atoms with Crippen molar-refractivity contribution >= 4 is 45.7 Å². The van der Waals surface area contributed by atoms with Crippen molar-refractivity contribution in [2.75, 3.05) is 18.1 Å². The molecule has 0 bridgehead atoms. The molecule has 0 saturated carbocycles. The van der Waals surface area contributed by atoms with Crippen LogP contribution >= 0.6 is 23.1 Å². The van der Waals surface area contributed by atoms with Gasteiger partial charge in [0.05, 0.1) is 18.2 Å². The van der Waals surface area contributed by atoms with Gasteiger partial charge in [0.25, 0.3) is 5.78 Å². The van der Waals surface area contributed by atoms with Crippen molar-refractivity contribution in [2.45, 2.75) is 36.4 Å². The normalized spacial score (nSPS) is 16.0. The van der Waals surface area contributed by atoms with Crippen molar-refractivity contribution in [1.29, 1.82) is 0 Å². The van der Waals surface area contributed by atoms with Crippen LogP contribution in [0.1, 0.15) is 41.6 Å². The lowest BCUT2D eigenvalue weighted by atomic mass is 9.95. The fourth-order valence-corrected chi connectivity index (χ4v) is 6.37. The number of ether oxygens (including phenoxy) is 2. The number of hydrogen-bond donors (Lipinski definition) is 1. The van der Waals surface area contributed by atoms with Gasteiger partial charge in [-0.05, 0) is 60.9 Å². The molecule has 1 unspecified atom stereocenters. The minimum Gasteiger partial charge on any atom is -0.507 e. The van der Waals surface area contributed by atoms with Crippen LogP contribution in [0.25, 0.3) is 5.76 Å². The van der Waals surface area contributed by atoms with Crippen molar-refractivity contribution in [3.8, 4) is 11.5 Å².